The molecular weight excluding hydrogens is 422 g/mol. The SMILES string of the molecule is O=C(CCSc1nnc(N2CCOCC2)n1-c1ccccc1)Nc1ccc2c(c1)CCC2. The highest BCUT2D eigenvalue weighted by atomic mass is 32.2. The van der Waals surface area contributed by atoms with Crippen molar-refractivity contribution in [3.63, 3.8) is 0 Å². The number of ether oxygens (including phenoxy) is 1. The molecule has 0 atom stereocenters. The number of hydrogen-bond donors (Lipinski definition) is 1. The number of amides is 1. The van der Waals surface area contributed by atoms with Crippen molar-refractivity contribution in [2.75, 3.05) is 42.3 Å². The maximum atomic E-state index is 12.5. The molecular formula is C24H27N5O2S. The summed E-state index contributed by atoms with van der Waals surface area (Å²) in [7, 11) is 0. The van der Waals surface area contributed by atoms with E-state index >= 15 is 0 Å². The molecule has 1 aliphatic heterocycles. The van der Waals surface area contributed by atoms with Gasteiger partial charge in [-0.25, -0.2) is 0 Å². The molecule has 0 bridgehead atoms. The Morgan fingerprint density at radius 1 is 1.03 bits per heavy atom. The molecule has 1 aliphatic carbocycles. The van der Waals surface area contributed by atoms with Gasteiger partial charge in [0.05, 0.1) is 18.9 Å². The van der Waals surface area contributed by atoms with E-state index in [1.807, 2.05) is 24.3 Å². The molecule has 1 amide bonds. The largest absolute Gasteiger partial charge is 0.378 e. The van der Waals surface area contributed by atoms with E-state index in [1.165, 1.54) is 17.5 Å². The molecule has 1 aromatic heterocycles. The first-order valence-electron chi connectivity index (χ1n) is 11.2. The summed E-state index contributed by atoms with van der Waals surface area (Å²) < 4.78 is 7.57. The van der Waals surface area contributed by atoms with E-state index in [0.717, 1.165) is 48.4 Å². The zero-order valence-corrected chi connectivity index (χ0v) is 18.8. The second-order valence-electron chi connectivity index (χ2n) is 8.04. The third-order valence-electron chi connectivity index (χ3n) is 5.87. The van der Waals surface area contributed by atoms with E-state index in [0.29, 0.717) is 25.4 Å². The van der Waals surface area contributed by atoms with Gasteiger partial charge in [-0.05, 0) is 54.7 Å². The topological polar surface area (TPSA) is 72.3 Å². The van der Waals surface area contributed by atoms with E-state index < -0.39 is 0 Å². The van der Waals surface area contributed by atoms with Crippen molar-refractivity contribution in [1.82, 2.24) is 14.8 Å². The van der Waals surface area contributed by atoms with Crippen LogP contribution in [0.3, 0.4) is 0 Å². The number of aromatic nitrogens is 3. The molecule has 2 aromatic carbocycles. The summed E-state index contributed by atoms with van der Waals surface area (Å²) >= 11 is 1.56. The van der Waals surface area contributed by atoms with Gasteiger partial charge in [0.1, 0.15) is 0 Å². The van der Waals surface area contributed by atoms with Gasteiger partial charge in [0.2, 0.25) is 11.9 Å². The lowest BCUT2D eigenvalue weighted by Crippen LogP contribution is -2.37. The van der Waals surface area contributed by atoms with E-state index in [2.05, 4.69) is 49.2 Å². The zero-order valence-electron chi connectivity index (χ0n) is 18.0. The number of anilines is 2. The van der Waals surface area contributed by atoms with Crippen LogP contribution in [-0.2, 0) is 22.4 Å². The highest BCUT2D eigenvalue weighted by Crippen LogP contribution is 2.28. The van der Waals surface area contributed by atoms with Gasteiger partial charge in [-0.3, -0.25) is 9.36 Å². The number of rotatable bonds is 7. The summed E-state index contributed by atoms with van der Waals surface area (Å²) in [5.41, 5.74) is 4.69. The summed E-state index contributed by atoms with van der Waals surface area (Å²) in [6.45, 7) is 2.96. The van der Waals surface area contributed by atoms with Crippen molar-refractivity contribution in [2.45, 2.75) is 30.8 Å². The van der Waals surface area contributed by atoms with E-state index in [1.54, 1.807) is 11.8 Å². The van der Waals surface area contributed by atoms with Crippen LogP contribution in [0.4, 0.5) is 11.6 Å². The Balaban J connectivity index is 1.25. The first-order chi connectivity index (χ1) is 15.8. The fourth-order valence-electron chi connectivity index (χ4n) is 4.23. The molecule has 7 nitrogen and oxygen atoms in total. The van der Waals surface area contributed by atoms with Gasteiger partial charge in [-0.1, -0.05) is 36.0 Å². The van der Waals surface area contributed by atoms with Gasteiger partial charge in [0.15, 0.2) is 5.16 Å². The molecule has 3 aromatic rings. The normalized spacial score (nSPS) is 15.6. The van der Waals surface area contributed by atoms with E-state index in [9.17, 15) is 4.79 Å². The second-order valence-corrected chi connectivity index (χ2v) is 9.10. The predicted octanol–water partition coefficient (Wildman–Crippen LogP) is 3.71. The second kappa shape index (κ2) is 9.75. The first kappa shape index (κ1) is 21.0. The number of carbonyl (C=O) groups excluding carboxylic acids is 1. The number of carbonyl (C=O) groups is 1. The minimum atomic E-state index is 0.0228. The Morgan fingerprint density at radius 3 is 2.69 bits per heavy atom. The van der Waals surface area contributed by atoms with Crippen molar-refractivity contribution in [3.8, 4) is 5.69 Å². The average Bonchev–Trinajstić information content (AvgIpc) is 3.47. The fraction of sp³-hybridized carbons (Fsp3) is 0.375. The Bertz CT molecular complexity index is 1080. The smallest absolute Gasteiger partial charge is 0.232 e. The molecule has 1 fully saturated rings. The van der Waals surface area contributed by atoms with Crippen LogP contribution < -0.4 is 10.2 Å². The quantitative estimate of drug-likeness (QED) is 0.555. The molecule has 166 valence electrons. The molecule has 2 aliphatic rings. The number of nitrogens with zero attached hydrogens (tertiary/aromatic N) is 4. The standard InChI is InChI=1S/C24H27N5O2S/c30-22(25-20-10-9-18-5-4-6-19(18)17-20)11-16-32-24-27-26-23(28-12-14-31-15-13-28)29(24)21-7-2-1-3-8-21/h1-3,7-10,17H,4-6,11-16H2,(H,25,30). The summed E-state index contributed by atoms with van der Waals surface area (Å²) in [5, 5.41) is 12.8. The van der Waals surface area contributed by atoms with Gasteiger partial charge in [0, 0.05) is 31.0 Å². The summed E-state index contributed by atoms with van der Waals surface area (Å²) in [6.07, 6.45) is 3.87. The highest BCUT2D eigenvalue weighted by molar-refractivity contribution is 7.99. The van der Waals surface area contributed by atoms with Crippen LogP contribution in [0.25, 0.3) is 5.69 Å². The van der Waals surface area contributed by atoms with Crippen molar-refractivity contribution < 1.29 is 9.53 Å². The lowest BCUT2D eigenvalue weighted by atomic mass is 10.1. The van der Waals surface area contributed by atoms with Gasteiger partial charge < -0.3 is 15.0 Å². The molecule has 1 N–H and O–H groups in total. The van der Waals surface area contributed by atoms with Gasteiger partial charge in [-0.2, -0.15) is 0 Å². The molecule has 0 spiro atoms. The molecule has 0 saturated carbocycles. The molecule has 1 saturated heterocycles. The minimum Gasteiger partial charge on any atom is -0.378 e. The Kier molecular flexibility index (Phi) is 6.41. The number of para-hydroxylation sites is 1. The zero-order chi connectivity index (χ0) is 21.8. The van der Waals surface area contributed by atoms with Crippen LogP contribution in [0.1, 0.15) is 24.0 Å². The Morgan fingerprint density at radius 2 is 1.84 bits per heavy atom. The molecule has 8 heteroatoms. The highest BCUT2D eigenvalue weighted by Gasteiger charge is 2.22. The van der Waals surface area contributed by atoms with Gasteiger partial charge in [0.25, 0.3) is 0 Å². The van der Waals surface area contributed by atoms with Crippen molar-refractivity contribution in [1.29, 1.82) is 0 Å². The molecule has 5 rings (SSSR count). The van der Waals surface area contributed by atoms with Crippen molar-refractivity contribution >= 4 is 29.3 Å². The third-order valence-corrected chi connectivity index (χ3v) is 6.80. The Labute approximate surface area is 192 Å². The number of hydrogen-bond acceptors (Lipinski definition) is 6. The average molecular weight is 450 g/mol. The molecule has 0 unspecified atom stereocenters. The lowest BCUT2D eigenvalue weighted by molar-refractivity contribution is -0.115. The lowest BCUT2D eigenvalue weighted by Gasteiger charge is -2.27. The summed E-state index contributed by atoms with van der Waals surface area (Å²) in [6, 6.07) is 16.4. The van der Waals surface area contributed by atoms with Crippen molar-refractivity contribution in [3.05, 3.63) is 59.7 Å². The number of nitrogens with one attached hydrogen (secondary N) is 1. The monoisotopic (exact) mass is 449 g/mol. The number of thioether (sulfide) groups is 1. The number of aryl methyl sites for hydroxylation is 2. The molecule has 2 heterocycles. The molecule has 32 heavy (non-hydrogen) atoms. The van der Waals surface area contributed by atoms with Crippen LogP contribution >= 0.6 is 11.8 Å². The van der Waals surface area contributed by atoms with Crippen molar-refractivity contribution in [2.24, 2.45) is 0 Å². The molecule has 0 radical (unpaired) electrons. The predicted molar refractivity (Wildman–Crippen MR) is 127 cm³/mol. The summed E-state index contributed by atoms with van der Waals surface area (Å²) in [5.74, 6) is 1.48. The number of benzene rings is 2. The number of fused-ring (bicyclic) bond motifs is 1. The fourth-order valence-corrected chi connectivity index (χ4v) is 5.12. The maximum Gasteiger partial charge on any atom is 0.232 e. The van der Waals surface area contributed by atoms with Crippen LogP contribution in [0.5, 0.6) is 0 Å². The van der Waals surface area contributed by atoms with Crippen LogP contribution in [0.15, 0.2) is 53.7 Å². The van der Waals surface area contributed by atoms with Crippen LogP contribution in [0, 0.1) is 0 Å². The van der Waals surface area contributed by atoms with E-state index in [4.69, 9.17) is 4.74 Å². The minimum absolute atomic E-state index is 0.0228. The van der Waals surface area contributed by atoms with Gasteiger partial charge >= 0.3 is 0 Å². The van der Waals surface area contributed by atoms with Crippen LogP contribution in [-0.4, -0.2) is 52.7 Å². The third kappa shape index (κ3) is 4.66. The maximum absolute atomic E-state index is 12.5. The van der Waals surface area contributed by atoms with E-state index in [-0.39, 0.29) is 5.91 Å². The number of morpholine rings is 1. The van der Waals surface area contributed by atoms with Crippen LogP contribution in [0.2, 0.25) is 0 Å². The first-order valence-corrected chi connectivity index (χ1v) is 12.1. The van der Waals surface area contributed by atoms with Gasteiger partial charge in [-0.15, -0.1) is 10.2 Å². The summed E-state index contributed by atoms with van der Waals surface area (Å²) in [4.78, 5) is 14.7. The Hall–Kier alpha value is -2.84.